The molecule has 0 spiro atoms. The Morgan fingerprint density at radius 3 is 2.67 bits per heavy atom. The van der Waals surface area contributed by atoms with Crippen molar-refractivity contribution in [2.24, 2.45) is 0 Å². The average molecular weight is 292 g/mol. The van der Waals surface area contributed by atoms with Gasteiger partial charge in [-0.3, -0.25) is 0 Å². The largest absolute Gasteiger partial charge is 0.395 e. The van der Waals surface area contributed by atoms with Crippen molar-refractivity contribution in [1.82, 2.24) is 9.97 Å². The van der Waals surface area contributed by atoms with Gasteiger partial charge < -0.3 is 15.3 Å². The third-order valence-corrected chi connectivity index (χ3v) is 4.03. The molecule has 2 N–H and O–H groups in total. The topological polar surface area (TPSA) is 61.3 Å². The summed E-state index contributed by atoms with van der Waals surface area (Å²) >= 11 is 0. The third-order valence-electron chi connectivity index (χ3n) is 4.03. The van der Waals surface area contributed by atoms with E-state index in [-0.39, 0.29) is 6.61 Å². The number of aryl methyl sites for hydroxylation is 1. The van der Waals surface area contributed by atoms with Gasteiger partial charge in [0.25, 0.3) is 0 Å². The SMILES string of the molecule is CCCNc1cc(N(CCO)C2CCCC2)nc(CC)n1. The van der Waals surface area contributed by atoms with E-state index in [4.69, 9.17) is 0 Å². The number of aliphatic hydroxyl groups is 1. The molecule has 1 aliphatic carbocycles. The number of nitrogens with one attached hydrogen (secondary N) is 1. The molecule has 1 saturated carbocycles. The molecule has 0 atom stereocenters. The van der Waals surface area contributed by atoms with Gasteiger partial charge in [-0.15, -0.1) is 0 Å². The Labute approximate surface area is 127 Å². The molecule has 2 rings (SSSR count). The molecule has 1 aromatic rings. The lowest BCUT2D eigenvalue weighted by molar-refractivity contribution is 0.296. The molecule has 0 radical (unpaired) electrons. The lowest BCUT2D eigenvalue weighted by Crippen LogP contribution is -2.36. The second-order valence-electron chi connectivity index (χ2n) is 5.66. The van der Waals surface area contributed by atoms with Gasteiger partial charge in [0.2, 0.25) is 0 Å². The molecule has 0 unspecified atom stereocenters. The van der Waals surface area contributed by atoms with E-state index < -0.39 is 0 Å². The van der Waals surface area contributed by atoms with Crippen LogP contribution in [-0.4, -0.2) is 40.8 Å². The molecule has 1 aromatic heterocycles. The van der Waals surface area contributed by atoms with E-state index in [1.54, 1.807) is 0 Å². The number of hydrogen-bond acceptors (Lipinski definition) is 5. The highest BCUT2D eigenvalue weighted by Crippen LogP contribution is 2.28. The molecule has 0 bridgehead atoms. The molecule has 5 nitrogen and oxygen atoms in total. The van der Waals surface area contributed by atoms with Crippen LogP contribution >= 0.6 is 0 Å². The second-order valence-corrected chi connectivity index (χ2v) is 5.66. The summed E-state index contributed by atoms with van der Waals surface area (Å²) < 4.78 is 0. The Kier molecular flexibility index (Phi) is 6.23. The Balaban J connectivity index is 2.24. The standard InChI is InChI=1S/C16H28N4O/c1-3-9-17-15-12-16(19-14(4-2)18-15)20(10-11-21)13-7-5-6-8-13/h12-13,21H,3-11H2,1-2H3,(H,17,18,19). The summed E-state index contributed by atoms with van der Waals surface area (Å²) in [5, 5.41) is 12.8. The van der Waals surface area contributed by atoms with Gasteiger partial charge in [0, 0.05) is 31.6 Å². The minimum absolute atomic E-state index is 0.166. The van der Waals surface area contributed by atoms with Crippen molar-refractivity contribution >= 4 is 11.6 Å². The zero-order valence-corrected chi connectivity index (χ0v) is 13.3. The average Bonchev–Trinajstić information content (AvgIpc) is 3.04. The van der Waals surface area contributed by atoms with E-state index in [0.717, 1.165) is 36.8 Å². The van der Waals surface area contributed by atoms with Gasteiger partial charge >= 0.3 is 0 Å². The Bertz CT molecular complexity index is 432. The zero-order chi connectivity index (χ0) is 15.1. The number of rotatable bonds is 8. The van der Waals surface area contributed by atoms with Crippen LogP contribution in [0.15, 0.2) is 6.07 Å². The van der Waals surface area contributed by atoms with E-state index in [2.05, 4.69) is 34.0 Å². The van der Waals surface area contributed by atoms with E-state index >= 15 is 0 Å². The van der Waals surface area contributed by atoms with Crippen LogP contribution in [0, 0.1) is 0 Å². The fourth-order valence-corrected chi connectivity index (χ4v) is 2.94. The van der Waals surface area contributed by atoms with Crippen LogP contribution in [0.3, 0.4) is 0 Å². The van der Waals surface area contributed by atoms with E-state index in [1.165, 1.54) is 25.7 Å². The summed E-state index contributed by atoms with van der Waals surface area (Å²) in [7, 11) is 0. The zero-order valence-electron chi connectivity index (χ0n) is 13.3. The number of aliphatic hydroxyl groups excluding tert-OH is 1. The summed E-state index contributed by atoms with van der Waals surface area (Å²) in [4.78, 5) is 11.5. The van der Waals surface area contributed by atoms with Crippen LogP contribution in [0.2, 0.25) is 0 Å². The molecule has 0 aromatic carbocycles. The molecule has 1 aliphatic rings. The molecule has 0 aliphatic heterocycles. The predicted molar refractivity (Wildman–Crippen MR) is 86.9 cm³/mol. The van der Waals surface area contributed by atoms with Crippen LogP contribution < -0.4 is 10.2 Å². The summed E-state index contributed by atoms with van der Waals surface area (Å²) in [6.45, 7) is 5.96. The normalized spacial score (nSPS) is 15.4. The van der Waals surface area contributed by atoms with Crippen LogP contribution in [0.5, 0.6) is 0 Å². The molecule has 5 heteroatoms. The molecule has 0 amide bonds. The van der Waals surface area contributed by atoms with E-state index in [0.29, 0.717) is 12.6 Å². The quantitative estimate of drug-likeness (QED) is 0.771. The van der Waals surface area contributed by atoms with Crippen LogP contribution in [0.25, 0.3) is 0 Å². The summed E-state index contributed by atoms with van der Waals surface area (Å²) in [5.41, 5.74) is 0. The highest BCUT2D eigenvalue weighted by molar-refractivity contribution is 5.50. The van der Waals surface area contributed by atoms with E-state index in [9.17, 15) is 5.11 Å². The highest BCUT2D eigenvalue weighted by Gasteiger charge is 2.24. The number of hydrogen-bond donors (Lipinski definition) is 2. The summed E-state index contributed by atoms with van der Waals surface area (Å²) in [6, 6.07) is 2.54. The Hall–Kier alpha value is -1.36. The maximum atomic E-state index is 9.39. The van der Waals surface area contributed by atoms with Crippen molar-refractivity contribution in [3.63, 3.8) is 0 Å². The second kappa shape index (κ2) is 8.17. The van der Waals surface area contributed by atoms with Gasteiger partial charge in [0.05, 0.1) is 6.61 Å². The Morgan fingerprint density at radius 1 is 1.29 bits per heavy atom. The van der Waals surface area contributed by atoms with Gasteiger partial charge in [-0.1, -0.05) is 26.7 Å². The fourth-order valence-electron chi connectivity index (χ4n) is 2.94. The summed E-state index contributed by atoms with van der Waals surface area (Å²) in [5.74, 6) is 2.73. The van der Waals surface area contributed by atoms with Crippen molar-refractivity contribution in [2.75, 3.05) is 29.9 Å². The molecule has 21 heavy (non-hydrogen) atoms. The predicted octanol–water partition coefficient (Wildman–Crippen LogP) is 2.60. The number of nitrogens with zero attached hydrogens (tertiary/aromatic N) is 3. The van der Waals surface area contributed by atoms with E-state index in [1.807, 2.05) is 6.07 Å². The monoisotopic (exact) mass is 292 g/mol. The van der Waals surface area contributed by atoms with Crippen molar-refractivity contribution in [1.29, 1.82) is 0 Å². The molecular formula is C16H28N4O. The van der Waals surface area contributed by atoms with Gasteiger partial charge in [-0.2, -0.15) is 0 Å². The van der Waals surface area contributed by atoms with Crippen molar-refractivity contribution in [2.45, 2.75) is 58.4 Å². The van der Waals surface area contributed by atoms with Gasteiger partial charge in [-0.05, 0) is 19.3 Å². The van der Waals surface area contributed by atoms with Gasteiger partial charge in [0.15, 0.2) is 0 Å². The smallest absolute Gasteiger partial charge is 0.134 e. The molecular weight excluding hydrogens is 264 g/mol. The number of aromatic nitrogens is 2. The lowest BCUT2D eigenvalue weighted by Gasteiger charge is -2.30. The van der Waals surface area contributed by atoms with Crippen molar-refractivity contribution in [3.8, 4) is 0 Å². The van der Waals surface area contributed by atoms with Crippen LogP contribution in [-0.2, 0) is 6.42 Å². The maximum absolute atomic E-state index is 9.39. The lowest BCUT2D eigenvalue weighted by atomic mass is 10.2. The first-order valence-corrected chi connectivity index (χ1v) is 8.27. The Morgan fingerprint density at radius 2 is 2.05 bits per heavy atom. The molecule has 118 valence electrons. The maximum Gasteiger partial charge on any atom is 0.134 e. The summed E-state index contributed by atoms with van der Waals surface area (Å²) in [6.07, 6.45) is 6.85. The first-order chi connectivity index (χ1) is 10.3. The first-order valence-electron chi connectivity index (χ1n) is 8.27. The van der Waals surface area contributed by atoms with Gasteiger partial charge in [-0.25, -0.2) is 9.97 Å². The fraction of sp³-hybridized carbons (Fsp3) is 0.750. The van der Waals surface area contributed by atoms with Crippen molar-refractivity contribution in [3.05, 3.63) is 11.9 Å². The third kappa shape index (κ3) is 4.30. The van der Waals surface area contributed by atoms with Crippen molar-refractivity contribution < 1.29 is 5.11 Å². The highest BCUT2D eigenvalue weighted by atomic mass is 16.3. The molecule has 0 saturated heterocycles. The molecule has 1 heterocycles. The van der Waals surface area contributed by atoms with Crippen LogP contribution in [0.1, 0.15) is 51.8 Å². The number of anilines is 2. The first kappa shape index (κ1) is 16.0. The minimum atomic E-state index is 0.166. The minimum Gasteiger partial charge on any atom is -0.395 e. The molecule has 1 fully saturated rings. The van der Waals surface area contributed by atoms with Crippen LogP contribution in [0.4, 0.5) is 11.6 Å². The van der Waals surface area contributed by atoms with Gasteiger partial charge in [0.1, 0.15) is 17.5 Å².